The van der Waals surface area contributed by atoms with Gasteiger partial charge in [-0.2, -0.15) is 0 Å². The number of hydrogen-bond donors (Lipinski definition) is 1. The first-order valence-electron chi connectivity index (χ1n) is 5.86. The number of carbonyl (C=O) groups excluding carboxylic acids is 1. The van der Waals surface area contributed by atoms with Gasteiger partial charge in [-0.05, 0) is 23.8 Å². The van der Waals surface area contributed by atoms with Gasteiger partial charge in [0, 0.05) is 11.6 Å². The summed E-state index contributed by atoms with van der Waals surface area (Å²) in [6, 6.07) is 7.67. The Morgan fingerprint density at radius 1 is 1.35 bits per heavy atom. The molecule has 0 aliphatic heterocycles. The van der Waals surface area contributed by atoms with Gasteiger partial charge >= 0.3 is 0 Å². The van der Waals surface area contributed by atoms with Gasteiger partial charge in [0.1, 0.15) is 0 Å². The van der Waals surface area contributed by atoms with Crippen molar-refractivity contribution in [2.75, 3.05) is 0 Å². The summed E-state index contributed by atoms with van der Waals surface area (Å²) in [7, 11) is 0. The third kappa shape index (κ3) is 2.46. The molecule has 0 aliphatic carbocycles. The molecule has 2 aromatic heterocycles. The average Bonchev–Trinajstić information content (AvgIpc) is 2.87. The number of rotatable bonds is 3. The van der Waals surface area contributed by atoms with E-state index in [1.807, 2.05) is 24.3 Å². The van der Waals surface area contributed by atoms with Crippen molar-refractivity contribution in [3.63, 3.8) is 0 Å². The second kappa shape index (κ2) is 4.90. The Morgan fingerprint density at radius 3 is 2.95 bits per heavy atom. The van der Waals surface area contributed by atoms with Crippen LogP contribution in [0.1, 0.15) is 16.1 Å². The lowest BCUT2D eigenvalue weighted by atomic mass is 10.1. The summed E-state index contributed by atoms with van der Waals surface area (Å²) in [5.41, 5.74) is 7.15. The molecule has 2 N–H and O–H groups in total. The molecule has 0 saturated carbocycles. The van der Waals surface area contributed by atoms with Gasteiger partial charge in [-0.25, -0.2) is 4.68 Å². The predicted molar refractivity (Wildman–Crippen MR) is 74.4 cm³/mol. The second-order valence-corrected chi connectivity index (χ2v) is 4.78. The van der Waals surface area contributed by atoms with Gasteiger partial charge in [0.05, 0.1) is 23.3 Å². The van der Waals surface area contributed by atoms with Gasteiger partial charge in [-0.15, -0.1) is 5.10 Å². The lowest BCUT2D eigenvalue weighted by Crippen LogP contribution is -2.11. The predicted octanol–water partition coefficient (Wildman–Crippen LogP) is 1.63. The number of nitrogens with two attached hydrogens (primary N) is 1. The normalized spacial score (nSPS) is 10.8. The van der Waals surface area contributed by atoms with Gasteiger partial charge in [-0.3, -0.25) is 9.78 Å². The van der Waals surface area contributed by atoms with Gasteiger partial charge in [0.2, 0.25) is 0 Å². The summed E-state index contributed by atoms with van der Waals surface area (Å²) in [5, 5.41) is 9.09. The van der Waals surface area contributed by atoms with Crippen LogP contribution in [0.5, 0.6) is 0 Å². The van der Waals surface area contributed by atoms with E-state index < -0.39 is 5.91 Å². The van der Waals surface area contributed by atoms with Gasteiger partial charge in [0.25, 0.3) is 5.91 Å². The van der Waals surface area contributed by atoms with Crippen molar-refractivity contribution < 1.29 is 4.79 Å². The molecule has 3 aromatic rings. The third-order valence-electron chi connectivity index (χ3n) is 2.85. The minimum Gasteiger partial charge on any atom is -0.364 e. The van der Waals surface area contributed by atoms with E-state index in [1.54, 1.807) is 10.9 Å². The summed E-state index contributed by atoms with van der Waals surface area (Å²) in [5.74, 6) is -0.592. The van der Waals surface area contributed by atoms with Crippen molar-refractivity contribution in [1.82, 2.24) is 20.0 Å². The van der Waals surface area contributed by atoms with Crippen LogP contribution in [0, 0.1) is 0 Å². The van der Waals surface area contributed by atoms with Crippen LogP contribution in [-0.4, -0.2) is 25.9 Å². The standard InChI is InChI=1S/C13H10ClN5O/c14-10-4-9-3-8(1-2-11(9)16-5-10)6-19-7-12(13(15)20)17-18-19/h1-5,7H,6H2,(H2,15,20). The molecule has 7 heteroatoms. The van der Waals surface area contributed by atoms with Gasteiger partial charge < -0.3 is 5.73 Å². The van der Waals surface area contributed by atoms with Gasteiger partial charge in [0.15, 0.2) is 5.69 Å². The molecule has 0 radical (unpaired) electrons. The highest BCUT2D eigenvalue weighted by Gasteiger charge is 2.07. The smallest absolute Gasteiger partial charge is 0.270 e. The minimum atomic E-state index is -0.592. The van der Waals surface area contributed by atoms with Crippen LogP contribution < -0.4 is 5.73 Å². The monoisotopic (exact) mass is 287 g/mol. The molecule has 100 valence electrons. The van der Waals surface area contributed by atoms with Crippen molar-refractivity contribution in [2.45, 2.75) is 6.54 Å². The summed E-state index contributed by atoms with van der Waals surface area (Å²) >= 11 is 5.93. The first kappa shape index (κ1) is 12.6. The number of pyridine rings is 1. The minimum absolute atomic E-state index is 0.149. The van der Waals surface area contributed by atoms with E-state index in [9.17, 15) is 4.79 Å². The van der Waals surface area contributed by atoms with Crippen LogP contribution in [-0.2, 0) is 6.54 Å². The third-order valence-corrected chi connectivity index (χ3v) is 3.05. The van der Waals surface area contributed by atoms with E-state index in [1.165, 1.54) is 6.20 Å². The molecular weight excluding hydrogens is 278 g/mol. The van der Waals surface area contributed by atoms with Crippen LogP contribution in [0.15, 0.2) is 36.7 Å². The maximum absolute atomic E-state index is 11.0. The zero-order valence-corrected chi connectivity index (χ0v) is 11.1. The number of amides is 1. The topological polar surface area (TPSA) is 86.7 Å². The zero-order valence-electron chi connectivity index (χ0n) is 10.3. The molecule has 1 amide bonds. The van der Waals surface area contributed by atoms with E-state index in [-0.39, 0.29) is 5.69 Å². The van der Waals surface area contributed by atoms with E-state index >= 15 is 0 Å². The highest BCUT2D eigenvalue weighted by atomic mass is 35.5. The molecular formula is C13H10ClN5O. The highest BCUT2D eigenvalue weighted by Crippen LogP contribution is 2.18. The maximum Gasteiger partial charge on any atom is 0.270 e. The Labute approximate surface area is 119 Å². The summed E-state index contributed by atoms with van der Waals surface area (Å²) in [6.07, 6.45) is 3.13. The van der Waals surface area contributed by atoms with Crippen molar-refractivity contribution in [2.24, 2.45) is 5.73 Å². The van der Waals surface area contributed by atoms with Crippen molar-refractivity contribution in [1.29, 1.82) is 0 Å². The molecule has 0 saturated heterocycles. The molecule has 0 atom stereocenters. The molecule has 20 heavy (non-hydrogen) atoms. The number of hydrogen-bond acceptors (Lipinski definition) is 4. The van der Waals surface area contributed by atoms with Crippen molar-refractivity contribution in [3.8, 4) is 0 Å². The Hall–Kier alpha value is -2.47. The Morgan fingerprint density at radius 2 is 2.20 bits per heavy atom. The fourth-order valence-electron chi connectivity index (χ4n) is 1.93. The van der Waals surface area contributed by atoms with Crippen molar-refractivity contribution >= 4 is 28.4 Å². The lowest BCUT2D eigenvalue weighted by Gasteiger charge is -2.03. The number of carbonyl (C=O) groups is 1. The fourth-order valence-corrected chi connectivity index (χ4v) is 2.09. The van der Waals surface area contributed by atoms with E-state index in [4.69, 9.17) is 17.3 Å². The first-order valence-corrected chi connectivity index (χ1v) is 6.24. The molecule has 2 heterocycles. The van der Waals surface area contributed by atoms with Crippen LogP contribution in [0.4, 0.5) is 0 Å². The second-order valence-electron chi connectivity index (χ2n) is 4.35. The number of benzene rings is 1. The number of halogens is 1. The van der Waals surface area contributed by atoms with Crippen LogP contribution in [0.2, 0.25) is 5.02 Å². The Balaban J connectivity index is 1.91. The fraction of sp³-hybridized carbons (Fsp3) is 0.0769. The van der Waals surface area contributed by atoms with E-state index in [0.29, 0.717) is 11.6 Å². The average molecular weight is 288 g/mol. The Bertz CT molecular complexity index is 798. The van der Waals surface area contributed by atoms with Crippen LogP contribution >= 0.6 is 11.6 Å². The quantitative estimate of drug-likeness (QED) is 0.793. The summed E-state index contributed by atoms with van der Waals surface area (Å²) in [4.78, 5) is 15.2. The lowest BCUT2D eigenvalue weighted by molar-refractivity contribution is 0.0995. The Kier molecular flexibility index (Phi) is 3.08. The molecule has 1 aromatic carbocycles. The zero-order chi connectivity index (χ0) is 14.1. The summed E-state index contributed by atoms with van der Waals surface area (Å²) < 4.78 is 1.55. The maximum atomic E-state index is 11.0. The SMILES string of the molecule is NC(=O)c1cn(Cc2ccc3ncc(Cl)cc3c2)nn1. The molecule has 0 fully saturated rings. The largest absolute Gasteiger partial charge is 0.364 e. The number of fused-ring (bicyclic) bond motifs is 1. The molecule has 3 rings (SSSR count). The van der Waals surface area contributed by atoms with Crippen molar-refractivity contribution in [3.05, 3.63) is 52.9 Å². The summed E-state index contributed by atoms with van der Waals surface area (Å²) in [6.45, 7) is 0.489. The van der Waals surface area contributed by atoms with Gasteiger partial charge in [-0.1, -0.05) is 22.9 Å². The molecule has 0 unspecified atom stereocenters. The molecule has 0 aliphatic rings. The molecule has 0 bridgehead atoms. The number of aromatic nitrogens is 4. The molecule has 6 nitrogen and oxygen atoms in total. The van der Waals surface area contributed by atoms with E-state index in [0.717, 1.165) is 16.5 Å². The highest BCUT2D eigenvalue weighted by molar-refractivity contribution is 6.31. The van der Waals surface area contributed by atoms with Crippen LogP contribution in [0.3, 0.4) is 0 Å². The van der Waals surface area contributed by atoms with E-state index in [2.05, 4.69) is 15.3 Å². The first-order chi connectivity index (χ1) is 9.61. The number of primary amides is 1. The van der Waals surface area contributed by atoms with Crippen LogP contribution in [0.25, 0.3) is 10.9 Å². The molecule has 0 spiro atoms. The number of nitrogens with zero attached hydrogens (tertiary/aromatic N) is 4.